The maximum atomic E-state index is 11.7. The van der Waals surface area contributed by atoms with Gasteiger partial charge in [0, 0.05) is 19.1 Å². The fraction of sp³-hybridized carbons (Fsp3) is 0.500. The van der Waals surface area contributed by atoms with Gasteiger partial charge in [-0.1, -0.05) is 18.2 Å². The van der Waals surface area contributed by atoms with Gasteiger partial charge in [-0.2, -0.15) is 5.10 Å². The lowest BCUT2D eigenvalue weighted by atomic mass is 10.1. The van der Waals surface area contributed by atoms with Crippen molar-refractivity contribution in [3.05, 3.63) is 42.5 Å². The van der Waals surface area contributed by atoms with E-state index in [1.807, 2.05) is 35.0 Å². The van der Waals surface area contributed by atoms with Gasteiger partial charge in [-0.15, -0.1) is 0 Å². The highest BCUT2D eigenvalue weighted by molar-refractivity contribution is 7.89. The summed E-state index contributed by atoms with van der Waals surface area (Å²) in [6.07, 6.45) is 3.21. The number of piperidine rings is 1. The van der Waals surface area contributed by atoms with Gasteiger partial charge in [-0.25, -0.2) is 22.8 Å². The van der Waals surface area contributed by atoms with Crippen LogP contribution < -0.4 is 4.72 Å². The Bertz CT molecular complexity index is 752. The van der Waals surface area contributed by atoms with Crippen LogP contribution in [0, 0.1) is 0 Å². The Morgan fingerprint density at radius 1 is 1.21 bits per heavy atom. The van der Waals surface area contributed by atoms with Gasteiger partial charge in [-0.3, -0.25) is 4.90 Å². The first-order chi connectivity index (χ1) is 11.6. The molecule has 0 unspecified atom stereocenters. The Kier molecular flexibility index (Phi) is 5.27. The summed E-state index contributed by atoms with van der Waals surface area (Å²) in [5, 5.41) is 4.31. The summed E-state index contributed by atoms with van der Waals surface area (Å²) in [5.74, 6) is 1.03. The molecule has 1 N–H and O–H groups in total. The Morgan fingerprint density at radius 3 is 2.58 bits per heavy atom. The van der Waals surface area contributed by atoms with Crippen molar-refractivity contribution in [3.63, 3.8) is 0 Å². The van der Waals surface area contributed by atoms with Crippen LogP contribution in [0.1, 0.15) is 25.6 Å². The average Bonchev–Trinajstić information content (AvgIpc) is 3.05. The summed E-state index contributed by atoms with van der Waals surface area (Å²) < 4.78 is 27.9. The van der Waals surface area contributed by atoms with Gasteiger partial charge in [0.1, 0.15) is 12.2 Å². The molecule has 3 rings (SSSR count). The fourth-order valence-corrected chi connectivity index (χ4v) is 3.81. The van der Waals surface area contributed by atoms with Gasteiger partial charge in [0.25, 0.3) is 0 Å². The van der Waals surface area contributed by atoms with E-state index in [1.165, 1.54) is 0 Å². The van der Waals surface area contributed by atoms with E-state index >= 15 is 0 Å². The second-order valence-electron chi connectivity index (χ2n) is 6.00. The number of para-hydroxylation sites is 1. The second kappa shape index (κ2) is 7.42. The fourth-order valence-electron chi connectivity index (χ4n) is 2.90. The topological polar surface area (TPSA) is 80.1 Å². The number of hydrogen-bond acceptors (Lipinski definition) is 5. The third-order valence-electron chi connectivity index (χ3n) is 4.30. The summed E-state index contributed by atoms with van der Waals surface area (Å²) >= 11 is 0. The molecule has 0 amide bonds. The van der Waals surface area contributed by atoms with Crippen molar-refractivity contribution in [2.45, 2.75) is 32.4 Å². The first-order valence-electron chi connectivity index (χ1n) is 8.24. The lowest BCUT2D eigenvalue weighted by molar-refractivity contribution is 0.194. The van der Waals surface area contributed by atoms with Gasteiger partial charge in [0.15, 0.2) is 0 Å². The van der Waals surface area contributed by atoms with E-state index in [9.17, 15) is 8.42 Å². The van der Waals surface area contributed by atoms with Crippen LogP contribution in [0.5, 0.6) is 0 Å². The number of nitrogens with one attached hydrogen (secondary N) is 1. The molecule has 1 aliphatic heterocycles. The highest BCUT2D eigenvalue weighted by Gasteiger charge is 2.23. The molecule has 1 aromatic heterocycles. The van der Waals surface area contributed by atoms with Gasteiger partial charge in [0.2, 0.25) is 10.0 Å². The largest absolute Gasteiger partial charge is 0.296 e. The number of rotatable bonds is 6. The molecular formula is C16H23N5O2S. The van der Waals surface area contributed by atoms with Crippen molar-refractivity contribution in [1.29, 1.82) is 0 Å². The Morgan fingerprint density at radius 2 is 1.92 bits per heavy atom. The van der Waals surface area contributed by atoms with Crippen LogP contribution in [0.15, 0.2) is 36.7 Å². The number of aromatic nitrogens is 3. The third-order valence-corrected chi connectivity index (χ3v) is 5.75. The molecule has 0 radical (unpaired) electrons. The zero-order valence-corrected chi connectivity index (χ0v) is 14.6. The molecule has 2 aromatic rings. The van der Waals surface area contributed by atoms with Crippen molar-refractivity contribution in [2.75, 3.05) is 18.8 Å². The number of benzene rings is 1. The normalized spacial score (nSPS) is 17.2. The molecular weight excluding hydrogens is 326 g/mol. The van der Waals surface area contributed by atoms with E-state index in [0.717, 1.165) is 37.4 Å². The van der Waals surface area contributed by atoms with E-state index in [-0.39, 0.29) is 11.8 Å². The average molecular weight is 349 g/mol. The monoisotopic (exact) mass is 349 g/mol. The number of sulfonamides is 1. The van der Waals surface area contributed by atoms with Crippen molar-refractivity contribution >= 4 is 10.0 Å². The molecule has 7 nitrogen and oxygen atoms in total. The molecule has 0 bridgehead atoms. The maximum absolute atomic E-state index is 11.7. The molecule has 130 valence electrons. The molecule has 1 aliphatic rings. The Hall–Kier alpha value is -1.77. The van der Waals surface area contributed by atoms with Crippen molar-refractivity contribution in [3.8, 4) is 5.69 Å². The van der Waals surface area contributed by atoms with Crippen LogP contribution in [0.25, 0.3) is 5.69 Å². The smallest absolute Gasteiger partial charge is 0.211 e. The lowest BCUT2D eigenvalue weighted by Gasteiger charge is -2.31. The molecule has 24 heavy (non-hydrogen) atoms. The summed E-state index contributed by atoms with van der Waals surface area (Å²) in [6.45, 7) is 4.06. The minimum absolute atomic E-state index is 0.0400. The zero-order valence-electron chi connectivity index (χ0n) is 13.8. The van der Waals surface area contributed by atoms with Gasteiger partial charge in [0.05, 0.1) is 18.0 Å². The van der Waals surface area contributed by atoms with E-state index in [1.54, 1.807) is 13.3 Å². The Balaban J connectivity index is 1.59. The molecule has 0 atom stereocenters. The molecule has 0 aliphatic carbocycles. The SMILES string of the molecule is CCS(=O)(=O)NC1CCN(Cc2ncnn2-c2ccccc2)CC1. The van der Waals surface area contributed by atoms with Crippen LogP contribution in [-0.4, -0.2) is 53.0 Å². The van der Waals surface area contributed by atoms with Gasteiger partial charge < -0.3 is 0 Å². The Labute approximate surface area is 142 Å². The highest BCUT2D eigenvalue weighted by Crippen LogP contribution is 2.15. The molecule has 0 spiro atoms. The van der Waals surface area contributed by atoms with E-state index < -0.39 is 10.0 Å². The predicted molar refractivity (Wildman–Crippen MR) is 92.3 cm³/mol. The highest BCUT2D eigenvalue weighted by atomic mass is 32.2. The van der Waals surface area contributed by atoms with Crippen molar-refractivity contribution in [1.82, 2.24) is 24.4 Å². The van der Waals surface area contributed by atoms with Crippen molar-refractivity contribution in [2.24, 2.45) is 0 Å². The third kappa shape index (κ3) is 4.19. The molecule has 0 saturated carbocycles. The maximum Gasteiger partial charge on any atom is 0.211 e. The van der Waals surface area contributed by atoms with E-state index in [0.29, 0.717) is 6.54 Å². The van der Waals surface area contributed by atoms with E-state index in [2.05, 4.69) is 19.7 Å². The first kappa shape index (κ1) is 17.1. The van der Waals surface area contributed by atoms with Crippen LogP contribution in [0.2, 0.25) is 0 Å². The standard InChI is InChI=1S/C16H23N5O2S/c1-2-24(22,23)19-14-8-10-20(11-9-14)12-16-17-13-18-21(16)15-6-4-3-5-7-15/h3-7,13-14,19H,2,8-12H2,1H3. The molecule has 1 aromatic carbocycles. The van der Waals surface area contributed by atoms with Crippen LogP contribution in [0.4, 0.5) is 0 Å². The van der Waals surface area contributed by atoms with Gasteiger partial charge in [-0.05, 0) is 31.9 Å². The van der Waals surface area contributed by atoms with Gasteiger partial charge >= 0.3 is 0 Å². The van der Waals surface area contributed by atoms with E-state index in [4.69, 9.17) is 0 Å². The number of nitrogens with zero attached hydrogens (tertiary/aromatic N) is 4. The number of likely N-dealkylation sites (tertiary alicyclic amines) is 1. The molecule has 8 heteroatoms. The predicted octanol–water partition coefficient (Wildman–Crippen LogP) is 1.17. The molecule has 1 fully saturated rings. The lowest BCUT2D eigenvalue weighted by Crippen LogP contribution is -2.44. The van der Waals surface area contributed by atoms with Crippen LogP contribution in [-0.2, 0) is 16.6 Å². The minimum Gasteiger partial charge on any atom is -0.296 e. The minimum atomic E-state index is -3.12. The van der Waals surface area contributed by atoms with Crippen LogP contribution in [0.3, 0.4) is 0 Å². The summed E-state index contributed by atoms with van der Waals surface area (Å²) in [6, 6.07) is 9.98. The summed E-state index contributed by atoms with van der Waals surface area (Å²) in [5.41, 5.74) is 0.996. The van der Waals surface area contributed by atoms with Crippen molar-refractivity contribution < 1.29 is 8.42 Å². The molecule has 1 saturated heterocycles. The van der Waals surface area contributed by atoms with Crippen LogP contribution >= 0.6 is 0 Å². The summed E-state index contributed by atoms with van der Waals surface area (Å²) in [4.78, 5) is 6.67. The quantitative estimate of drug-likeness (QED) is 0.847. The first-order valence-corrected chi connectivity index (χ1v) is 9.89. The zero-order chi connectivity index (χ0) is 17.0. The number of hydrogen-bond donors (Lipinski definition) is 1. The summed E-state index contributed by atoms with van der Waals surface area (Å²) in [7, 11) is -3.12. The molecule has 2 heterocycles. The second-order valence-corrected chi connectivity index (χ2v) is 8.04.